The van der Waals surface area contributed by atoms with Crippen LogP contribution in [0.1, 0.15) is 18.9 Å². The Hall–Kier alpha value is -3.60. The van der Waals surface area contributed by atoms with E-state index in [-0.39, 0.29) is 17.7 Å². The van der Waals surface area contributed by atoms with Crippen molar-refractivity contribution >= 4 is 46.1 Å². The molecule has 1 aromatic carbocycles. The second-order valence-electron chi connectivity index (χ2n) is 7.08. The Bertz CT molecular complexity index is 1320. The molecule has 0 unspecified atom stereocenters. The molecule has 5 rings (SSSR count). The van der Waals surface area contributed by atoms with Crippen LogP contribution in [0.4, 0.5) is 16.6 Å². The fourth-order valence-electron chi connectivity index (χ4n) is 4.02. The highest BCUT2D eigenvalue weighted by Crippen LogP contribution is 2.29. The van der Waals surface area contributed by atoms with Gasteiger partial charge in [-0.1, -0.05) is 11.6 Å². The van der Waals surface area contributed by atoms with Crippen LogP contribution in [0.3, 0.4) is 0 Å². The Balaban J connectivity index is 1.41. The van der Waals surface area contributed by atoms with Crippen molar-refractivity contribution in [3.63, 3.8) is 0 Å². The normalized spacial score (nSPS) is 15.2. The van der Waals surface area contributed by atoms with Crippen LogP contribution in [0, 0.1) is 0 Å². The number of benzene rings is 1. The molecule has 1 amide bonds. The third-order valence-corrected chi connectivity index (χ3v) is 5.57. The van der Waals surface area contributed by atoms with E-state index in [1.54, 1.807) is 33.5 Å². The number of piperidine rings is 1. The summed E-state index contributed by atoms with van der Waals surface area (Å²) in [7, 11) is 0. The maximum Gasteiger partial charge on any atom is 0.411 e. The van der Waals surface area contributed by atoms with Gasteiger partial charge in [0.15, 0.2) is 5.82 Å². The molecule has 0 atom stereocenters. The highest BCUT2D eigenvalue weighted by molar-refractivity contribution is 6.31. The number of aromatic amines is 1. The van der Waals surface area contributed by atoms with Gasteiger partial charge in [-0.25, -0.2) is 14.6 Å². The number of nitrogens with zero attached hydrogens (tertiary/aromatic N) is 6. The molecule has 1 aliphatic rings. The predicted molar refractivity (Wildman–Crippen MR) is 110 cm³/mol. The van der Waals surface area contributed by atoms with E-state index in [1.165, 1.54) is 0 Å². The molecule has 0 spiro atoms. The molecule has 12 heteroatoms. The summed E-state index contributed by atoms with van der Waals surface area (Å²) < 4.78 is 3.35. The third kappa shape index (κ3) is 3.03. The Morgan fingerprint density at radius 2 is 2.07 bits per heavy atom. The molecule has 1 saturated heterocycles. The lowest BCUT2D eigenvalue weighted by atomic mass is 10.0. The number of nitrogens with one attached hydrogen (secondary N) is 2. The van der Waals surface area contributed by atoms with Crippen molar-refractivity contribution < 1.29 is 9.90 Å². The Morgan fingerprint density at radius 1 is 1.27 bits per heavy atom. The van der Waals surface area contributed by atoms with Crippen LogP contribution in [-0.2, 0) is 0 Å². The topological polar surface area (TPSA) is 133 Å². The lowest BCUT2D eigenvalue weighted by Crippen LogP contribution is -2.37. The molecule has 154 valence electrons. The van der Waals surface area contributed by atoms with E-state index >= 15 is 0 Å². The van der Waals surface area contributed by atoms with Gasteiger partial charge in [0.05, 0.1) is 11.0 Å². The first-order valence-electron chi connectivity index (χ1n) is 9.35. The van der Waals surface area contributed by atoms with Crippen LogP contribution in [0.25, 0.3) is 16.7 Å². The zero-order chi connectivity index (χ0) is 20.8. The van der Waals surface area contributed by atoms with Crippen LogP contribution >= 0.6 is 11.6 Å². The molecular weight excluding hydrogens is 412 g/mol. The number of fused-ring (bicyclic) bond motifs is 2. The summed E-state index contributed by atoms with van der Waals surface area (Å²) in [4.78, 5) is 32.8. The quantitative estimate of drug-likeness (QED) is 0.456. The van der Waals surface area contributed by atoms with Gasteiger partial charge in [0.25, 0.3) is 0 Å². The first-order valence-corrected chi connectivity index (χ1v) is 9.73. The van der Waals surface area contributed by atoms with E-state index < -0.39 is 6.09 Å². The summed E-state index contributed by atoms with van der Waals surface area (Å²) in [6.45, 7) is 1.33. The minimum Gasteiger partial charge on any atom is -0.465 e. The van der Waals surface area contributed by atoms with Gasteiger partial charge < -0.3 is 15.0 Å². The average Bonchev–Trinajstić information content (AvgIpc) is 3.27. The van der Waals surface area contributed by atoms with E-state index in [2.05, 4.69) is 30.4 Å². The van der Waals surface area contributed by atoms with Crippen LogP contribution in [0.2, 0.25) is 5.02 Å². The molecule has 30 heavy (non-hydrogen) atoms. The van der Waals surface area contributed by atoms with Gasteiger partial charge in [-0.3, -0.25) is 14.3 Å². The van der Waals surface area contributed by atoms with Crippen molar-refractivity contribution in [1.29, 1.82) is 0 Å². The number of hydrogen-bond donors (Lipinski definition) is 3. The SMILES string of the molecule is O=C(O)Nc1nnc2c(N3CCC(n4c(=O)[nH]c5cc(Cl)ccc54)CC3)nccn12. The van der Waals surface area contributed by atoms with E-state index in [9.17, 15) is 9.59 Å². The Morgan fingerprint density at radius 3 is 2.83 bits per heavy atom. The lowest BCUT2D eigenvalue weighted by Gasteiger charge is -2.33. The summed E-state index contributed by atoms with van der Waals surface area (Å²) in [6, 6.07) is 5.44. The monoisotopic (exact) mass is 428 g/mol. The Kier molecular flexibility index (Phi) is 4.31. The van der Waals surface area contributed by atoms with Crippen molar-refractivity contribution in [1.82, 2.24) is 29.1 Å². The second kappa shape index (κ2) is 7.02. The number of anilines is 2. The first kappa shape index (κ1) is 18.4. The molecule has 3 aromatic heterocycles. The highest BCUT2D eigenvalue weighted by atomic mass is 35.5. The summed E-state index contributed by atoms with van der Waals surface area (Å²) in [5.41, 5.74) is 1.89. The van der Waals surface area contributed by atoms with Crippen LogP contribution in [0.15, 0.2) is 35.4 Å². The van der Waals surface area contributed by atoms with Gasteiger partial charge in [0, 0.05) is 36.5 Å². The first-order chi connectivity index (χ1) is 14.5. The van der Waals surface area contributed by atoms with E-state index in [4.69, 9.17) is 16.7 Å². The summed E-state index contributed by atoms with van der Waals surface area (Å²) in [5.74, 6) is 0.736. The molecule has 0 saturated carbocycles. The third-order valence-electron chi connectivity index (χ3n) is 5.33. The van der Waals surface area contributed by atoms with Crippen molar-refractivity contribution in [2.24, 2.45) is 0 Å². The largest absolute Gasteiger partial charge is 0.465 e. The van der Waals surface area contributed by atoms with Crippen molar-refractivity contribution in [3.05, 3.63) is 46.1 Å². The maximum absolute atomic E-state index is 12.5. The van der Waals surface area contributed by atoms with Crippen molar-refractivity contribution in [3.8, 4) is 0 Å². The number of carboxylic acid groups (broad SMARTS) is 1. The van der Waals surface area contributed by atoms with Crippen LogP contribution in [0.5, 0.6) is 0 Å². The van der Waals surface area contributed by atoms with Crippen LogP contribution < -0.4 is 15.9 Å². The molecule has 11 nitrogen and oxygen atoms in total. The average molecular weight is 429 g/mol. The minimum atomic E-state index is -1.21. The van der Waals surface area contributed by atoms with E-state index in [1.807, 2.05) is 6.07 Å². The molecule has 4 aromatic rings. The minimum absolute atomic E-state index is 0.0468. The van der Waals surface area contributed by atoms with Gasteiger partial charge in [-0.05, 0) is 31.0 Å². The fraction of sp³-hybridized carbons (Fsp3) is 0.278. The number of hydrogen-bond acceptors (Lipinski definition) is 6. The van der Waals surface area contributed by atoms with Crippen LogP contribution in [-0.4, -0.2) is 53.4 Å². The molecule has 0 aliphatic carbocycles. The number of rotatable bonds is 3. The standard InChI is InChI=1S/C18H17ClN8O3/c19-10-1-2-13-12(9-10)21-17(28)27(13)11-3-6-25(7-4-11)14-15-23-24-16(22-18(29)30)26(15)8-5-20-14/h1-2,5,8-9,11H,3-4,6-7H2,(H,21,28)(H,22,24)(H,29,30). The highest BCUT2D eigenvalue weighted by Gasteiger charge is 2.26. The number of imidazole rings is 1. The number of halogens is 1. The molecule has 1 aliphatic heterocycles. The van der Waals surface area contributed by atoms with Crippen molar-refractivity contribution in [2.75, 3.05) is 23.3 Å². The summed E-state index contributed by atoms with van der Waals surface area (Å²) in [6.07, 6.45) is 3.46. The maximum atomic E-state index is 12.5. The number of H-pyrrole nitrogens is 1. The van der Waals surface area contributed by atoms with Gasteiger partial charge in [-0.15, -0.1) is 10.2 Å². The fourth-order valence-corrected chi connectivity index (χ4v) is 4.19. The molecule has 1 fully saturated rings. The van der Waals surface area contributed by atoms with Crippen molar-refractivity contribution in [2.45, 2.75) is 18.9 Å². The molecule has 0 bridgehead atoms. The van der Waals surface area contributed by atoms with E-state index in [0.717, 1.165) is 23.9 Å². The molecular formula is C18H17ClN8O3. The van der Waals surface area contributed by atoms with Gasteiger partial charge >= 0.3 is 11.8 Å². The zero-order valence-electron chi connectivity index (χ0n) is 15.6. The molecule has 3 N–H and O–H groups in total. The smallest absolute Gasteiger partial charge is 0.411 e. The van der Waals surface area contributed by atoms with Gasteiger partial charge in [-0.2, -0.15) is 0 Å². The zero-order valence-corrected chi connectivity index (χ0v) is 16.4. The number of aromatic nitrogens is 6. The molecule has 4 heterocycles. The number of carbonyl (C=O) groups is 1. The summed E-state index contributed by atoms with van der Waals surface area (Å²) >= 11 is 6.04. The number of amides is 1. The van der Waals surface area contributed by atoms with Gasteiger partial charge in [0.1, 0.15) is 0 Å². The van der Waals surface area contributed by atoms with Gasteiger partial charge in [0.2, 0.25) is 11.6 Å². The predicted octanol–water partition coefficient (Wildman–Crippen LogP) is 2.35. The Labute approximate surface area is 173 Å². The second-order valence-corrected chi connectivity index (χ2v) is 7.51. The molecule has 0 radical (unpaired) electrons. The van der Waals surface area contributed by atoms with E-state index in [0.29, 0.717) is 29.6 Å². The lowest BCUT2D eigenvalue weighted by molar-refractivity contribution is 0.209. The summed E-state index contributed by atoms with van der Waals surface area (Å²) in [5, 5.41) is 19.7.